The first-order valence-electron chi connectivity index (χ1n) is 20.8. The standard InChI is InChI=1S/C17H30Si.C16H38Si2.C9H13BrSi/c1-2-3-4-5-6-7-8-9-13-16-18-17-14-11-10-12-15-17;1-4-5-6-7-8-9-10-11-12-14-17-15-13-16-18(2)3;10-7-4-8-11-9-5-2-1-3-6-9/h10-12,14-15H,2-9,13,16,18H2,1H3;18H,4-17H2,1-3H3;1-3,5-6H,4,7-8,11H2. The van der Waals surface area contributed by atoms with Gasteiger partial charge in [0.25, 0.3) is 0 Å². The Balaban J connectivity index is 0.000000696. The van der Waals surface area contributed by atoms with Gasteiger partial charge in [-0.25, -0.2) is 0 Å². The molecule has 0 heterocycles. The van der Waals surface area contributed by atoms with Crippen LogP contribution in [0.2, 0.25) is 43.3 Å². The molecular formula is C42H81BrSi4. The number of benzene rings is 2. The van der Waals surface area contributed by atoms with E-state index >= 15 is 0 Å². The molecule has 0 aliphatic rings. The highest BCUT2D eigenvalue weighted by atomic mass is 79.9. The Kier molecular flexibility index (Phi) is 40.0. The lowest BCUT2D eigenvalue weighted by molar-refractivity contribution is 0.572. The van der Waals surface area contributed by atoms with Crippen LogP contribution < -0.4 is 10.4 Å². The van der Waals surface area contributed by atoms with E-state index in [4.69, 9.17) is 0 Å². The van der Waals surface area contributed by atoms with Gasteiger partial charge in [0, 0.05) is 23.6 Å². The summed E-state index contributed by atoms with van der Waals surface area (Å²) in [7, 11) is 0.190. The normalized spacial score (nSPS) is 11.5. The fourth-order valence-corrected chi connectivity index (χ4v) is 13.7. The fourth-order valence-electron chi connectivity index (χ4n) is 6.10. The van der Waals surface area contributed by atoms with Crippen LogP contribution in [-0.2, 0) is 0 Å². The lowest BCUT2D eigenvalue weighted by Crippen LogP contribution is -2.12. The van der Waals surface area contributed by atoms with Gasteiger partial charge in [-0.2, -0.15) is 0 Å². The highest BCUT2D eigenvalue weighted by Crippen LogP contribution is 2.12. The third-order valence-corrected chi connectivity index (χ3v) is 17.2. The molecule has 0 fully saturated rings. The number of hydrogen-bond acceptors (Lipinski definition) is 0. The van der Waals surface area contributed by atoms with E-state index in [1.165, 1.54) is 128 Å². The minimum Gasteiger partial charge on any atom is -0.0928 e. The van der Waals surface area contributed by atoms with Crippen LogP contribution in [0, 0.1) is 0 Å². The second-order valence-electron chi connectivity index (χ2n) is 14.5. The van der Waals surface area contributed by atoms with Crippen molar-refractivity contribution in [1.82, 2.24) is 0 Å². The Morgan fingerprint density at radius 1 is 0.447 bits per heavy atom. The van der Waals surface area contributed by atoms with Gasteiger partial charge in [0.05, 0.1) is 19.0 Å². The van der Waals surface area contributed by atoms with E-state index in [0.29, 0.717) is 9.52 Å². The highest BCUT2D eigenvalue weighted by Gasteiger charge is 1.98. The maximum absolute atomic E-state index is 3.45. The molecule has 2 aromatic rings. The van der Waals surface area contributed by atoms with Crippen LogP contribution in [0.25, 0.3) is 0 Å². The molecule has 0 N–H and O–H groups in total. The van der Waals surface area contributed by atoms with E-state index in [-0.39, 0.29) is 27.8 Å². The molecule has 2 rings (SSSR count). The van der Waals surface area contributed by atoms with Crippen molar-refractivity contribution in [2.24, 2.45) is 0 Å². The quantitative estimate of drug-likeness (QED) is 0.0438. The zero-order valence-corrected chi connectivity index (χ0v) is 39.2. The van der Waals surface area contributed by atoms with E-state index in [1.54, 1.807) is 41.3 Å². The van der Waals surface area contributed by atoms with Crippen LogP contribution in [0.15, 0.2) is 60.7 Å². The van der Waals surface area contributed by atoms with Crippen LogP contribution >= 0.6 is 15.9 Å². The molecule has 0 aliphatic carbocycles. The Hall–Kier alpha value is -0.212. The molecule has 0 radical (unpaired) electrons. The molecule has 0 aliphatic heterocycles. The number of unbranched alkanes of at least 4 members (excludes halogenated alkanes) is 16. The molecule has 2 aromatic carbocycles. The maximum atomic E-state index is 3.45. The SMILES string of the molecule is BrCCC[SiH2]c1ccccc1.CCCCCCCCCCC[SiH2]CCC[SiH](C)C.CCCCCCCCCCC[SiH2]c1ccccc1. The topological polar surface area (TPSA) is 0 Å². The van der Waals surface area contributed by atoms with Gasteiger partial charge in [0.2, 0.25) is 0 Å². The summed E-state index contributed by atoms with van der Waals surface area (Å²) >= 11 is 3.45. The van der Waals surface area contributed by atoms with E-state index in [1.807, 2.05) is 0 Å². The predicted octanol–water partition coefficient (Wildman–Crippen LogP) is 11.5. The summed E-state index contributed by atoms with van der Waals surface area (Å²) in [4.78, 5) is 0. The van der Waals surface area contributed by atoms with Gasteiger partial charge in [0.15, 0.2) is 0 Å². The van der Waals surface area contributed by atoms with E-state index < -0.39 is 0 Å². The summed E-state index contributed by atoms with van der Waals surface area (Å²) in [5, 5.41) is 4.39. The molecule has 0 spiro atoms. The fraction of sp³-hybridized carbons (Fsp3) is 0.714. The largest absolute Gasteiger partial charge is 0.0928 e. The van der Waals surface area contributed by atoms with Crippen molar-refractivity contribution < 1.29 is 0 Å². The summed E-state index contributed by atoms with van der Waals surface area (Å²) < 4.78 is 0. The van der Waals surface area contributed by atoms with Crippen LogP contribution in [-0.4, -0.2) is 42.7 Å². The number of rotatable bonds is 29. The molecule has 0 nitrogen and oxygen atoms in total. The Morgan fingerprint density at radius 3 is 1.21 bits per heavy atom. The van der Waals surface area contributed by atoms with Crippen molar-refractivity contribution in [1.29, 1.82) is 0 Å². The third kappa shape index (κ3) is 38.4. The van der Waals surface area contributed by atoms with Gasteiger partial charge in [-0.3, -0.25) is 0 Å². The number of alkyl halides is 1. The molecule has 5 heteroatoms. The minimum atomic E-state index is -0.235. The minimum absolute atomic E-state index is 0.0378. The van der Waals surface area contributed by atoms with Crippen LogP contribution in [0.4, 0.5) is 0 Å². The van der Waals surface area contributed by atoms with Gasteiger partial charge in [0.1, 0.15) is 0 Å². The molecule has 0 saturated carbocycles. The average molecular weight is 778 g/mol. The summed E-state index contributed by atoms with van der Waals surface area (Å²) in [5.74, 6) is 0. The van der Waals surface area contributed by atoms with Crippen molar-refractivity contribution in [3.63, 3.8) is 0 Å². The molecule has 0 saturated heterocycles. The van der Waals surface area contributed by atoms with Gasteiger partial charge >= 0.3 is 0 Å². The summed E-state index contributed by atoms with van der Waals surface area (Å²) in [5.41, 5.74) is 0. The summed E-state index contributed by atoms with van der Waals surface area (Å²) in [6, 6.07) is 29.8. The maximum Gasteiger partial charge on any atom is 0.0547 e. The average Bonchev–Trinajstić information content (AvgIpc) is 3.09. The van der Waals surface area contributed by atoms with Gasteiger partial charge in [-0.1, -0.05) is 266 Å². The lowest BCUT2D eigenvalue weighted by atomic mass is 10.1. The smallest absolute Gasteiger partial charge is 0.0547 e. The van der Waals surface area contributed by atoms with Crippen molar-refractivity contribution in [2.75, 3.05) is 5.33 Å². The zero-order valence-electron chi connectivity index (χ0n) is 32.2. The van der Waals surface area contributed by atoms with Crippen LogP contribution in [0.3, 0.4) is 0 Å². The first-order chi connectivity index (χ1) is 23.1. The van der Waals surface area contributed by atoms with Crippen molar-refractivity contribution >= 4 is 63.7 Å². The molecule has 47 heavy (non-hydrogen) atoms. The summed E-state index contributed by atoms with van der Waals surface area (Å²) in [6.45, 7) is 9.56. The van der Waals surface area contributed by atoms with Gasteiger partial charge < -0.3 is 0 Å². The molecule has 272 valence electrons. The number of hydrogen-bond donors (Lipinski definition) is 0. The van der Waals surface area contributed by atoms with E-state index in [9.17, 15) is 0 Å². The van der Waals surface area contributed by atoms with Crippen LogP contribution in [0.1, 0.15) is 142 Å². The second-order valence-corrected chi connectivity index (χ2v) is 24.8. The van der Waals surface area contributed by atoms with Crippen LogP contribution in [0.5, 0.6) is 0 Å². The zero-order chi connectivity index (χ0) is 34.3. The highest BCUT2D eigenvalue weighted by molar-refractivity contribution is 9.09. The Labute approximate surface area is 313 Å². The van der Waals surface area contributed by atoms with E-state index in [2.05, 4.69) is 104 Å². The van der Waals surface area contributed by atoms with Gasteiger partial charge in [-0.05, 0) is 6.42 Å². The lowest BCUT2D eigenvalue weighted by Gasteiger charge is -2.03. The molecular weight excluding hydrogens is 697 g/mol. The molecule has 0 atom stereocenters. The molecule has 0 aromatic heterocycles. The monoisotopic (exact) mass is 776 g/mol. The predicted molar refractivity (Wildman–Crippen MR) is 238 cm³/mol. The van der Waals surface area contributed by atoms with Crippen molar-refractivity contribution in [2.45, 2.75) is 186 Å². The number of halogens is 1. The Morgan fingerprint density at radius 2 is 0.809 bits per heavy atom. The van der Waals surface area contributed by atoms with Crippen molar-refractivity contribution in [3.8, 4) is 0 Å². The van der Waals surface area contributed by atoms with E-state index in [0.717, 1.165) is 5.33 Å². The summed E-state index contributed by atoms with van der Waals surface area (Å²) in [6.07, 6.45) is 29.4. The Bertz CT molecular complexity index is 818. The van der Waals surface area contributed by atoms with Crippen molar-refractivity contribution in [3.05, 3.63) is 60.7 Å². The third-order valence-electron chi connectivity index (χ3n) is 9.24. The molecule has 0 amide bonds. The molecule has 0 bridgehead atoms. The molecule has 0 unspecified atom stereocenters. The van der Waals surface area contributed by atoms with Gasteiger partial charge in [-0.15, -0.1) is 0 Å². The first kappa shape index (κ1) is 46.8. The first-order valence-corrected chi connectivity index (χ1v) is 30.4. The second kappa shape index (κ2) is 40.2.